The van der Waals surface area contributed by atoms with Crippen molar-refractivity contribution in [2.24, 2.45) is 0 Å². The topological polar surface area (TPSA) is 64.3 Å². The molecule has 0 heterocycles. The molecule has 3 N–H and O–H groups in total. The lowest BCUT2D eigenvalue weighted by molar-refractivity contribution is -0.122. The Labute approximate surface area is 124 Å². The Morgan fingerprint density at radius 3 is 2.57 bits per heavy atom. The third-order valence-electron chi connectivity index (χ3n) is 3.22. The highest BCUT2D eigenvalue weighted by Gasteiger charge is 2.16. The van der Waals surface area contributed by atoms with E-state index in [1.165, 1.54) is 0 Å². The lowest BCUT2D eigenvalue weighted by Crippen LogP contribution is -2.30. The minimum absolute atomic E-state index is 0.229. The van der Waals surface area contributed by atoms with E-state index in [1.54, 1.807) is 19.1 Å². The fourth-order valence-corrected chi connectivity index (χ4v) is 2.02. The van der Waals surface area contributed by atoms with Gasteiger partial charge in [-0.15, -0.1) is 0 Å². The van der Waals surface area contributed by atoms with Crippen LogP contribution in [0.5, 0.6) is 5.75 Å². The number of para-hydroxylation sites is 2. The first kappa shape index (κ1) is 14.9. The summed E-state index contributed by atoms with van der Waals surface area (Å²) in [5.41, 5.74) is 9.10. The average molecular weight is 284 g/mol. The van der Waals surface area contributed by atoms with Gasteiger partial charge in [0, 0.05) is 0 Å². The van der Waals surface area contributed by atoms with Crippen molar-refractivity contribution in [2.75, 3.05) is 11.1 Å². The molecule has 2 aromatic carbocycles. The molecule has 0 saturated carbocycles. The fraction of sp³-hybridized carbons (Fsp3) is 0.235. The summed E-state index contributed by atoms with van der Waals surface area (Å²) in [6.07, 6.45) is -0.606. The Morgan fingerprint density at radius 2 is 1.90 bits per heavy atom. The molecule has 1 unspecified atom stereocenters. The highest BCUT2D eigenvalue weighted by Crippen LogP contribution is 2.21. The predicted octanol–water partition coefficient (Wildman–Crippen LogP) is 3.29. The number of nitrogens with one attached hydrogen (secondary N) is 1. The predicted molar refractivity (Wildman–Crippen MR) is 85.5 cm³/mol. The van der Waals surface area contributed by atoms with Gasteiger partial charge in [0.15, 0.2) is 6.10 Å². The summed E-state index contributed by atoms with van der Waals surface area (Å²) in [5, 5.41) is 2.77. The lowest BCUT2D eigenvalue weighted by Gasteiger charge is -2.17. The molecule has 0 radical (unpaired) electrons. The maximum Gasteiger partial charge on any atom is 0.265 e. The zero-order chi connectivity index (χ0) is 15.4. The smallest absolute Gasteiger partial charge is 0.265 e. The number of nitrogens with two attached hydrogens (primary N) is 1. The first-order chi connectivity index (χ1) is 9.97. The van der Waals surface area contributed by atoms with Crippen LogP contribution in [0.1, 0.15) is 18.1 Å². The van der Waals surface area contributed by atoms with Gasteiger partial charge in [-0.05, 0) is 44.5 Å². The molecular weight excluding hydrogens is 264 g/mol. The van der Waals surface area contributed by atoms with Gasteiger partial charge in [0.25, 0.3) is 5.91 Å². The fourth-order valence-electron chi connectivity index (χ4n) is 2.02. The van der Waals surface area contributed by atoms with Crippen molar-refractivity contribution in [1.82, 2.24) is 0 Å². The lowest BCUT2D eigenvalue weighted by atomic mass is 10.1. The van der Waals surface area contributed by atoms with Crippen LogP contribution in [0.3, 0.4) is 0 Å². The number of rotatable bonds is 4. The van der Waals surface area contributed by atoms with E-state index in [9.17, 15) is 4.79 Å². The molecule has 4 heteroatoms. The standard InChI is InChI=1S/C17H20N2O2/c1-11-8-9-16(12(2)10-11)21-13(3)17(20)19-15-7-5-4-6-14(15)18/h4-10,13H,18H2,1-3H3,(H,19,20). The van der Waals surface area contributed by atoms with E-state index in [-0.39, 0.29) is 5.91 Å². The molecule has 0 aliphatic heterocycles. The number of carbonyl (C=O) groups is 1. The molecule has 0 spiro atoms. The van der Waals surface area contributed by atoms with E-state index in [4.69, 9.17) is 10.5 Å². The van der Waals surface area contributed by atoms with Crippen molar-refractivity contribution < 1.29 is 9.53 Å². The molecule has 0 aromatic heterocycles. The molecule has 0 aliphatic carbocycles. The van der Waals surface area contributed by atoms with Crippen molar-refractivity contribution in [2.45, 2.75) is 26.9 Å². The van der Waals surface area contributed by atoms with Crippen LogP contribution in [0.15, 0.2) is 42.5 Å². The van der Waals surface area contributed by atoms with Gasteiger partial charge in [-0.3, -0.25) is 4.79 Å². The summed E-state index contributed by atoms with van der Waals surface area (Å²) >= 11 is 0. The van der Waals surface area contributed by atoms with Crippen molar-refractivity contribution in [3.8, 4) is 5.75 Å². The van der Waals surface area contributed by atoms with Gasteiger partial charge in [0.2, 0.25) is 0 Å². The van der Waals surface area contributed by atoms with E-state index >= 15 is 0 Å². The highest BCUT2D eigenvalue weighted by atomic mass is 16.5. The maximum absolute atomic E-state index is 12.2. The number of aryl methyl sites for hydroxylation is 2. The van der Waals surface area contributed by atoms with Crippen LogP contribution in [-0.4, -0.2) is 12.0 Å². The number of nitrogen functional groups attached to an aromatic ring is 1. The van der Waals surface area contributed by atoms with Gasteiger partial charge in [0.05, 0.1) is 11.4 Å². The second kappa shape index (κ2) is 6.31. The van der Waals surface area contributed by atoms with Gasteiger partial charge in [0.1, 0.15) is 5.75 Å². The van der Waals surface area contributed by atoms with Crippen LogP contribution in [0.4, 0.5) is 11.4 Å². The quantitative estimate of drug-likeness (QED) is 0.847. The van der Waals surface area contributed by atoms with E-state index in [0.29, 0.717) is 17.1 Å². The molecule has 110 valence electrons. The zero-order valence-corrected chi connectivity index (χ0v) is 12.5. The number of carbonyl (C=O) groups excluding carboxylic acids is 1. The molecule has 0 aliphatic rings. The van der Waals surface area contributed by atoms with Crippen molar-refractivity contribution in [3.05, 3.63) is 53.6 Å². The molecule has 21 heavy (non-hydrogen) atoms. The normalized spacial score (nSPS) is 11.8. The van der Waals surface area contributed by atoms with Crippen molar-refractivity contribution in [3.63, 3.8) is 0 Å². The van der Waals surface area contributed by atoms with E-state index in [1.807, 2.05) is 44.2 Å². The number of amides is 1. The van der Waals surface area contributed by atoms with E-state index in [0.717, 1.165) is 11.1 Å². The van der Waals surface area contributed by atoms with Crippen molar-refractivity contribution >= 4 is 17.3 Å². The summed E-state index contributed by atoms with van der Waals surface area (Å²) in [7, 11) is 0. The second-order valence-corrected chi connectivity index (χ2v) is 5.11. The van der Waals surface area contributed by atoms with Crippen LogP contribution in [0, 0.1) is 13.8 Å². The van der Waals surface area contributed by atoms with Crippen LogP contribution in [-0.2, 0) is 4.79 Å². The SMILES string of the molecule is Cc1ccc(OC(C)C(=O)Nc2ccccc2N)c(C)c1. The van der Waals surface area contributed by atoms with Crippen LogP contribution < -0.4 is 15.8 Å². The third-order valence-corrected chi connectivity index (χ3v) is 3.22. The van der Waals surface area contributed by atoms with Crippen LogP contribution in [0.25, 0.3) is 0 Å². The Bertz CT molecular complexity index is 653. The Morgan fingerprint density at radius 1 is 1.19 bits per heavy atom. The monoisotopic (exact) mass is 284 g/mol. The summed E-state index contributed by atoms with van der Waals surface area (Å²) in [5.74, 6) is 0.483. The van der Waals surface area contributed by atoms with E-state index < -0.39 is 6.10 Å². The van der Waals surface area contributed by atoms with Gasteiger partial charge >= 0.3 is 0 Å². The Kier molecular flexibility index (Phi) is 4.48. The van der Waals surface area contributed by atoms with Crippen molar-refractivity contribution in [1.29, 1.82) is 0 Å². The van der Waals surface area contributed by atoms with Gasteiger partial charge in [-0.2, -0.15) is 0 Å². The second-order valence-electron chi connectivity index (χ2n) is 5.11. The Hall–Kier alpha value is -2.49. The Balaban J connectivity index is 2.04. The minimum Gasteiger partial charge on any atom is -0.481 e. The zero-order valence-electron chi connectivity index (χ0n) is 12.5. The molecule has 0 bridgehead atoms. The molecule has 1 amide bonds. The van der Waals surface area contributed by atoms with Gasteiger partial charge in [-0.1, -0.05) is 29.8 Å². The molecule has 1 atom stereocenters. The number of ether oxygens (including phenoxy) is 1. The molecule has 2 aromatic rings. The van der Waals surface area contributed by atoms with Crippen LogP contribution in [0.2, 0.25) is 0 Å². The van der Waals surface area contributed by atoms with Gasteiger partial charge < -0.3 is 15.8 Å². The third kappa shape index (κ3) is 3.75. The summed E-state index contributed by atoms with van der Waals surface area (Å²) in [6, 6.07) is 13.0. The first-order valence-corrected chi connectivity index (χ1v) is 6.86. The molecule has 2 rings (SSSR count). The van der Waals surface area contributed by atoms with E-state index in [2.05, 4.69) is 5.32 Å². The average Bonchev–Trinajstić information content (AvgIpc) is 2.44. The minimum atomic E-state index is -0.606. The summed E-state index contributed by atoms with van der Waals surface area (Å²) in [4.78, 5) is 12.2. The number of anilines is 2. The number of benzene rings is 2. The first-order valence-electron chi connectivity index (χ1n) is 6.86. The molecule has 0 fully saturated rings. The maximum atomic E-state index is 12.2. The van der Waals surface area contributed by atoms with Crippen LogP contribution >= 0.6 is 0 Å². The number of hydrogen-bond donors (Lipinski definition) is 2. The summed E-state index contributed by atoms with van der Waals surface area (Å²) < 4.78 is 5.72. The largest absolute Gasteiger partial charge is 0.481 e. The van der Waals surface area contributed by atoms with Gasteiger partial charge in [-0.25, -0.2) is 0 Å². The molecule has 0 saturated heterocycles. The highest BCUT2D eigenvalue weighted by molar-refractivity contribution is 5.96. The number of hydrogen-bond acceptors (Lipinski definition) is 3. The molecular formula is C17H20N2O2. The summed E-state index contributed by atoms with van der Waals surface area (Å²) in [6.45, 7) is 5.70. The molecule has 4 nitrogen and oxygen atoms in total.